The lowest BCUT2D eigenvalue weighted by molar-refractivity contribution is 0.0600. The van der Waals surface area contributed by atoms with Crippen molar-refractivity contribution in [1.29, 1.82) is 0 Å². The molecular weight excluding hydrogens is 491 g/mol. The van der Waals surface area contributed by atoms with E-state index in [-0.39, 0.29) is 18.3 Å². The molecule has 0 radical (unpaired) electrons. The first-order chi connectivity index (χ1) is 18.5. The van der Waals surface area contributed by atoms with Crippen LogP contribution in [0.3, 0.4) is 0 Å². The average Bonchev–Trinajstić information content (AvgIpc) is 3.34. The number of fused-ring (bicyclic) bond motifs is 1. The summed E-state index contributed by atoms with van der Waals surface area (Å²) in [7, 11) is 2.88. The van der Waals surface area contributed by atoms with Crippen molar-refractivity contribution in [3.63, 3.8) is 0 Å². The van der Waals surface area contributed by atoms with Gasteiger partial charge in [-0.05, 0) is 48.0 Å². The maximum Gasteiger partial charge on any atom is 0.337 e. The second kappa shape index (κ2) is 10.9. The van der Waals surface area contributed by atoms with Crippen LogP contribution in [0.4, 0.5) is 10.1 Å². The van der Waals surface area contributed by atoms with Crippen LogP contribution in [-0.2, 0) is 16.1 Å². The quantitative estimate of drug-likeness (QED) is 0.352. The summed E-state index contributed by atoms with van der Waals surface area (Å²) in [5.41, 5.74) is 3.43. The van der Waals surface area contributed by atoms with Crippen LogP contribution in [0.5, 0.6) is 5.75 Å². The van der Waals surface area contributed by atoms with Gasteiger partial charge in [-0.15, -0.1) is 0 Å². The molecule has 8 nitrogen and oxygen atoms in total. The van der Waals surface area contributed by atoms with Crippen molar-refractivity contribution in [3.8, 4) is 17.1 Å². The number of hydrogen-bond acceptors (Lipinski definition) is 7. The molecule has 196 valence electrons. The lowest BCUT2D eigenvalue weighted by Crippen LogP contribution is -2.36. The molecule has 1 aromatic heterocycles. The number of nitrogens with zero attached hydrogens (tertiary/aromatic N) is 1. The summed E-state index contributed by atoms with van der Waals surface area (Å²) >= 11 is 0. The van der Waals surface area contributed by atoms with Gasteiger partial charge in [0, 0.05) is 37.2 Å². The molecule has 5 rings (SSSR count). The monoisotopic (exact) mass is 518 g/mol. The third-order valence-electron chi connectivity index (χ3n) is 6.42. The number of anilines is 1. The molecule has 0 saturated carbocycles. The van der Waals surface area contributed by atoms with Crippen molar-refractivity contribution in [2.45, 2.75) is 6.61 Å². The molecule has 1 saturated heterocycles. The molecule has 38 heavy (non-hydrogen) atoms. The molecule has 0 atom stereocenters. The predicted octanol–water partition coefficient (Wildman–Crippen LogP) is 4.80. The smallest absolute Gasteiger partial charge is 0.337 e. The van der Waals surface area contributed by atoms with Gasteiger partial charge < -0.3 is 28.8 Å². The van der Waals surface area contributed by atoms with Crippen LogP contribution >= 0.6 is 0 Å². The molecule has 0 aliphatic carbocycles. The number of morpholine rings is 1. The number of ether oxygens (including phenoxy) is 3. The number of nitrogens with one attached hydrogen (secondary N) is 1. The molecule has 1 aliphatic heterocycles. The van der Waals surface area contributed by atoms with Gasteiger partial charge in [0.05, 0.1) is 37.1 Å². The highest BCUT2D eigenvalue weighted by molar-refractivity contribution is 6.12. The molecule has 2 heterocycles. The first-order valence-electron chi connectivity index (χ1n) is 12.2. The van der Waals surface area contributed by atoms with Gasteiger partial charge in [-0.2, -0.15) is 0 Å². The molecule has 1 N–H and O–H groups in total. The summed E-state index contributed by atoms with van der Waals surface area (Å²) in [6, 6.07) is 16.5. The number of benzene rings is 3. The first-order valence-corrected chi connectivity index (χ1v) is 12.2. The molecule has 4 aromatic rings. The van der Waals surface area contributed by atoms with Gasteiger partial charge in [-0.25, -0.2) is 9.18 Å². The molecule has 3 aromatic carbocycles. The van der Waals surface area contributed by atoms with Crippen LogP contribution in [0.1, 0.15) is 26.3 Å². The van der Waals surface area contributed by atoms with Crippen molar-refractivity contribution in [1.82, 2.24) is 5.32 Å². The largest absolute Gasteiger partial charge is 0.487 e. The highest BCUT2D eigenvalue weighted by atomic mass is 19.1. The van der Waals surface area contributed by atoms with Crippen molar-refractivity contribution in [2.24, 2.45) is 0 Å². The Hall–Kier alpha value is -4.37. The van der Waals surface area contributed by atoms with Crippen LogP contribution in [0.25, 0.3) is 22.3 Å². The fourth-order valence-electron chi connectivity index (χ4n) is 4.50. The molecule has 0 unspecified atom stereocenters. The first kappa shape index (κ1) is 25.3. The Balaban J connectivity index is 1.60. The number of carbonyl (C=O) groups excluding carboxylic acids is 2. The number of methoxy groups -OCH3 is 1. The molecule has 1 amide bonds. The van der Waals surface area contributed by atoms with E-state index in [0.717, 1.165) is 11.3 Å². The summed E-state index contributed by atoms with van der Waals surface area (Å²) in [6.45, 7) is 2.65. The second-order valence-corrected chi connectivity index (χ2v) is 8.79. The lowest BCUT2D eigenvalue weighted by Gasteiger charge is -2.30. The van der Waals surface area contributed by atoms with E-state index >= 15 is 0 Å². The van der Waals surface area contributed by atoms with Gasteiger partial charge in [0.25, 0.3) is 5.91 Å². The van der Waals surface area contributed by atoms with Crippen molar-refractivity contribution < 1.29 is 32.6 Å². The Labute approximate surface area is 218 Å². The van der Waals surface area contributed by atoms with Crippen molar-refractivity contribution >= 4 is 28.5 Å². The fourth-order valence-corrected chi connectivity index (χ4v) is 4.50. The van der Waals surface area contributed by atoms with Gasteiger partial charge in [0.1, 0.15) is 29.5 Å². The van der Waals surface area contributed by atoms with Crippen molar-refractivity contribution in [3.05, 3.63) is 83.2 Å². The normalized spacial score (nSPS) is 13.4. The highest BCUT2D eigenvalue weighted by Gasteiger charge is 2.25. The Morgan fingerprint density at radius 2 is 1.82 bits per heavy atom. The summed E-state index contributed by atoms with van der Waals surface area (Å²) < 4.78 is 36.4. The van der Waals surface area contributed by atoms with E-state index in [1.165, 1.54) is 19.2 Å². The maximum atomic E-state index is 13.6. The minimum atomic E-state index is -0.427. The average molecular weight is 519 g/mol. The van der Waals surface area contributed by atoms with E-state index in [4.69, 9.17) is 18.6 Å². The Morgan fingerprint density at radius 3 is 2.53 bits per heavy atom. The Morgan fingerprint density at radius 1 is 1.05 bits per heavy atom. The Kier molecular flexibility index (Phi) is 7.28. The topological polar surface area (TPSA) is 90.2 Å². The van der Waals surface area contributed by atoms with Crippen LogP contribution in [0, 0.1) is 5.82 Å². The SMILES string of the molecule is CNC(=O)c1c(-c2ccc(F)cc2)oc2cc(N3CCOCC3)c(OCc3cccc(C(=O)OC)c3)cc12. The van der Waals surface area contributed by atoms with Gasteiger partial charge in [0.15, 0.2) is 0 Å². The van der Waals surface area contributed by atoms with Crippen LogP contribution < -0.4 is 15.0 Å². The van der Waals surface area contributed by atoms with E-state index in [0.29, 0.717) is 65.5 Å². The number of amides is 1. The van der Waals surface area contributed by atoms with Crippen LogP contribution in [0.15, 0.2) is 65.1 Å². The van der Waals surface area contributed by atoms with E-state index < -0.39 is 5.97 Å². The third kappa shape index (κ3) is 5.05. The molecule has 9 heteroatoms. The van der Waals surface area contributed by atoms with Gasteiger partial charge in [-0.1, -0.05) is 12.1 Å². The lowest BCUT2D eigenvalue weighted by atomic mass is 10.0. The summed E-state index contributed by atoms with van der Waals surface area (Å²) in [4.78, 5) is 27.1. The van der Waals surface area contributed by atoms with Crippen molar-refractivity contribution in [2.75, 3.05) is 45.4 Å². The predicted molar refractivity (Wildman–Crippen MR) is 140 cm³/mol. The maximum absolute atomic E-state index is 13.6. The number of rotatable bonds is 7. The van der Waals surface area contributed by atoms with Crippen LogP contribution in [0.2, 0.25) is 0 Å². The Bertz CT molecular complexity index is 1470. The van der Waals surface area contributed by atoms with Gasteiger partial charge >= 0.3 is 5.97 Å². The number of esters is 1. The highest BCUT2D eigenvalue weighted by Crippen LogP contribution is 2.41. The van der Waals surface area contributed by atoms with E-state index in [1.54, 1.807) is 43.4 Å². The molecule has 1 fully saturated rings. The standard InChI is InChI=1S/C29H27FN2O6/c1-31-28(33)26-22-15-25(37-17-18-4-3-5-20(14-18)29(34)35-2)23(32-10-12-36-13-11-32)16-24(22)38-27(26)19-6-8-21(30)9-7-19/h3-9,14-16H,10-13,17H2,1-2H3,(H,31,33). The zero-order valence-corrected chi connectivity index (χ0v) is 21.1. The zero-order valence-electron chi connectivity index (χ0n) is 21.1. The van der Waals surface area contributed by atoms with Gasteiger partial charge in [-0.3, -0.25) is 4.79 Å². The van der Waals surface area contributed by atoms with E-state index in [9.17, 15) is 14.0 Å². The number of carbonyl (C=O) groups is 2. The van der Waals surface area contributed by atoms with Gasteiger partial charge in [0.2, 0.25) is 0 Å². The third-order valence-corrected chi connectivity index (χ3v) is 6.42. The molecule has 1 aliphatic rings. The van der Waals surface area contributed by atoms with E-state index in [2.05, 4.69) is 10.2 Å². The zero-order chi connectivity index (χ0) is 26.6. The van der Waals surface area contributed by atoms with E-state index in [1.807, 2.05) is 12.1 Å². The number of hydrogen-bond donors (Lipinski definition) is 1. The minimum absolute atomic E-state index is 0.186. The summed E-state index contributed by atoms with van der Waals surface area (Å²) in [5, 5.41) is 3.24. The molecular formula is C29H27FN2O6. The minimum Gasteiger partial charge on any atom is -0.487 e. The fraction of sp³-hybridized carbons (Fsp3) is 0.241. The second-order valence-electron chi connectivity index (χ2n) is 8.79. The molecule has 0 bridgehead atoms. The number of halogens is 1. The number of furan rings is 1. The molecule has 0 spiro atoms. The summed E-state index contributed by atoms with van der Waals surface area (Å²) in [6.07, 6.45) is 0. The summed E-state index contributed by atoms with van der Waals surface area (Å²) in [5.74, 6) is -0.245. The van der Waals surface area contributed by atoms with Crippen LogP contribution in [-0.4, -0.2) is 52.3 Å².